The van der Waals surface area contributed by atoms with Crippen LogP contribution in [0.1, 0.15) is 52.5 Å². The third-order valence-electron chi connectivity index (χ3n) is 4.53. The van der Waals surface area contributed by atoms with Gasteiger partial charge in [0.2, 0.25) is 0 Å². The van der Waals surface area contributed by atoms with Crippen LogP contribution in [0, 0.1) is 0 Å². The molecule has 0 fully saturated rings. The second-order valence-electron chi connectivity index (χ2n) is 7.57. The number of carbonyl (C=O) groups is 4. The van der Waals surface area contributed by atoms with E-state index in [1.54, 1.807) is 13.8 Å². The van der Waals surface area contributed by atoms with E-state index in [2.05, 4.69) is 0 Å². The predicted molar refractivity (Wildman–Crippen MR) is 121 cm³/mol. The normalized spacial score (nSPS) is 13.1. The zero-order chi connectivity index (χ0) is 26.4. The monoisotopic (exact) mass is 499 g/mol. The molecule has 0 heterocycles. The van der Waals surface area contributed by atoms with Gasteiger partial charge in [0.1, 0.15) is 11.6 Å². The third kappa shape index (κ3) is 10.5. The molecule has 0 aliphatic carbocycles. The van der Waals surface area contributed by atoms with Crippen LogP contribution in [0.2, 0.25) is 0 Å². The third-order valence-corrected chi connectivity index (χ3v) is 4.53. The molecule has 0 amide bonds. The standard InChI is InChI=1S/C23H33NO11/c1-5-8-11-32-22(29)33-15(4)13-23(24,19(25)26)14-16-9-10-17(34-20(27)30-6-2)18(12-16)35-21(28)31-7-3/h9-10,12,15H,5-8,11,13-14,24H2,1-4H3,(H,25,26)/t15-,23?/m0/s1. The maximum Gasteiger partial charge on any atom is 0.513 e. The van der Waals surface area contributed by atoms with Crippen molar-refractivity contribution in [2.45, 2.75) is 65.0 Å². The average Bonchev–Trinajstić information content (AvgIpc) is 2.75. The zero-order valence-electron chi connectivity index (χ0n) is 20.4. The number of carbonyl (C=O) groups excluding carboxylic acids is 3. The molecule has 35 heavy (non-hydrogen) atoms. The van der Waals surface area contributed by atoms with E-state index < -0.39 is 36.1 Å². The van der Waals surface area contributed by atoms with Gasteiger partial charge in [-0.15, -0.1) is 0 Å². The maximum absolute atomic E-state index is 12.0. The summed E-state index contributed by atoms with van der Waals surface area (Å²) in [6.45, 7) is 6.89. The molecule has 0 aromatic heterocycles. The van der Waals surface area contributed by atoms with Gasteiger partial charge < -0.3 is 39.3 Å². The summed E-state index contributed by atoms with van der Waals surface area (Å²) < 4.78 is 29.6. The topological polar surface area (TPSA) is 170 Å². The van der Waals surface area contributed by atoms with Crippen molar-refractivity contribution in [2.75, 3.05) is 19.8 Å². The van der Waals surface area contributed by atoms with Crippen LogP contribution in [0.4, 0.5) is 14.4 Å². The van der Waals surface area contributed by atoms with E-state index in [4.69, 9.17) is 34.2 Å². The summed E-state index contributed by atoms with van der Waals surface area (Å²) >= 11 is 0. The molecule has 1 rings (SSSR count). The number of aliphatic carboxylic acids is 1. The SMILES string of the molecule is CCCCOC(=O)O[C@@H](C)CC(N)(Cc1ccc(OC(=O)OCC)c(OC(=O)OCC)c1)C(=O)O. The van der Waals surface area contributed by atoms with Crippen LogP contribution >= 0.6 is 0 Å². The molecule has 1 aromatic carbocycles. The first-order valence-electron chi connectivity index (χ1n) is 11.2. The van der Waals surface area contributed by atoms with Crippen LogP contribution in [-0.4, -0.2) is 61.0 Å². The first-order valence-corrected chi connectivity index (χ1v) is 11.2. The van der Waals surface area contributed by atoms with Crippen molar-refractivity contribution < 1.29 is 52.7 Å². The molecule has 12 nitrogen and oxygen atoms in total. The van der Waals surface area contributed by atoms with Gasteiger partial charge in [0.15, 0.2) is 11.5 Å². The summed E-state index contributed by atoms with van der Waals surface area (Å²) in [6, 6.07) is 4.04. The lowest BCUT2D eigenvalue weighted by molar-refractivity contribution is -0.144. The Labute approximate surface area is 203 Å². The van der Waals surface area contributed by atoms with E-state index in [0.29, 0.717) is 12.0 Å². The van der Waals surface area contributed by atoms with Crippen molar-refractivity contribution in [3.05, 3.63) is 23.8 Å². The number of hydrogen-bond acceptors (Lipinski definition) is 11. The minimum atomic E-state index is -1.85. The summed E-state index contributed by atoms with van der Waals surface area (Å²) in [4.78, 5) is 47.3. The van der Waals surface area contributed by atoms with Gasteiger partial charge in [-0.25, -0.2) is 14.4 Å². The van der Waals surface area contributed by atoms with Crippen LogP contribution in [-0.2, 0) is 30.2 Å². The smallest absolute Gasteiger partial charge is 0.480 e. The fraction of sp³-hybridized carbons (Fsp3) is 0.565. The second-order valence-corrected chi connectivity index (χ2v) is 7.57. The minimum absolute atomic E-state index is 0.0380. The molecule has 0 spiro atoms. The Morgan fingerprint density at radius 3 is 2.09 bits per heavy atom. The number of nitrogens with two attached hydrogens (primary N) is 1. The first-order chi connectivity index (χ1) is 16.5. The summed E-state index contributed by atoms with van der Waals surface area (Å²) in [5.41, 5.74) is 4.64. The Bertz CT molecular complexity index is 873. The molecule has 12 heteroatoms. The predicted octanol–water partition coefficient (Wildman–Crippen LogP) is 3.81. The molecule has 0 bridgehead atoms. The molecule has 0 aliphatic heterocycles. The van der Waals surface area contributed by atoms with Gasteiger partial charge in [0.05, 0.1) is 19.8 Å². The molecule has 0 radical (unpaired) electrons. The van der Waals surface area contributed by atoms with Crippen LogP contribution < -0.4 is 15.2 Å². The highest BCUT2D eigenvalue weighted by Gasteiger charge is 2.37. The molecule has 0 aliphatic rings. The molecular weight excluding hydrogens is 466 g/mol. The Morgan fingerprint density at radius 2 is 1.54 bits per heavy atom. The lowest BCUT2D eigenvalue weighted by Gasteiger charge is -2.28. The maximum atomic E-state index is 12.0. The number of carboxylic acid groups (broad SMARTS) is 1. The van der Waals surface area contributed by atoms with Crippen LogP contribution in [0.25, 0.3) is 0 Å². The summed E-state index contributed by atoms with van der Waals surface area (Å²) in [5.74, 6) is -1.69. The van der Waals surface area contributed by atoms with Crippen LogP contribution in [0.15, 0.2) is 18.2 Å². The zero-order valence-corrected chi connectivity index (χ0v) is 20.4. The molecule has 2 atom stereocenters. The van der Waals surface area contributed by atoms with E-state index >= 15 is 0 Å². The van der Waals surface area contributed by atoms with Gasteiger partial charge in [0, 0.05) is 12.8 Å². The number of unbranched alkanes of at least 4 members (excludes halogenated alkanes) is 1. The fourth-order valence-electron chi connectivity index (χ4n) is 2.95. The molecule has 0 saturated heterocycles. The van der Waals surface area contributed by atoms with Crippen molar-refractivity contribution in [3.63, 3.8) is 0 Å². The molecule has 1 unspecified atom stereocenters. The Kier molecular flexibility index (Phi) is 12.4. The van der Waals surface area contributed by atoms with E-state index in [9.17, 15) is 24.3 Å². The van der Waals surface area contributed by atoms with E-state index in [1.807, 2.05) is 6.92 Å². The van der Waals surface area contributed by atoms with Gasteiger partial charge >= 0.3 is 24.4 Å². The van der Waals surface area contributed by atoms with Crippen molar-refractivity contribution in [1.29, 1.82) is 0 Å². The molecule has 196 valence electrons. The van der Waals surface area contributed by atoms with Crippen molar-refractivity contribution in [1.82, 2.24) is 0 Å². The number of hydrogen-bond donors (Lipinski definition) is 2. The number of carboxylic acids is 1. The van der Waals surface area contributed by atoms with E-state index in [0.717, 1.165) is 6.42 Å². The summed E-state index contributed by atoms with van der Waals surface area (Å²) in [5, 5.41) is 9.78. The summed E-state index contributed by atoms with van der Waals surface area (Å²) in [6.07, 6.45) is -2.83. The van der Waals surface area contributed by atoms with Gasteiger partial charge in [-0.2, -0.15) is 0 Å². The van der Waals surface area contributed by atoms with Gasteiger partial charge in [-0.1, -0.05) is 19.4 Å². The second kappa shape index (κ2) is 14.7. The highest BCUT2D eigenvalue weighted by atomic mass is 16.7. The average molecular weight is 500 g/mol. The Balaban J connectivity index is 3.06. The van der Waals surface area contributed by atoms with Crippen molar-refractivity contribution in [3.8, 4) is 11.5 Å². The van der Waals surface area contributed by atoms with Crippen LogP contribution in [0.5, 0.6) is 11.5 Å². The summed E-state index contributed by atoms with van der Waals surface area (Å²) in [7, 11) is 0. The first kappa shape index (κ1) is 29.5. The molecule has 0 saturated carbocycles. The number of benzene rings is 1. The highest BCUT2D eigenvalue weighted by Crippen LogP contribution is 2.31. The van der Waals surface area contributed by atoms with E-state index in [-0.39, 0.29) is 44.2 Å². The quantitative estimate of drug-likeness (QED) is 0.174. The lowest BCUT2D eigenvalue weighted by atomic mass is 9.86. The molecule has 3 N–H and O–H groups in total. The Hall–Kier alpha value is -3.54. The molecular formula is C23H33NO11. The van der Waals surface area contributed by atoms with Gasteiger partial charge in [-0.05, 0) is 44.9 Å². The lowest BCUT2D eigenvalue weighted by Crippen LogP contribution is -2.52. The number of rotatable bonds is 13. The largest absolute Gasteiger partial charge is 0.513 e. The highest BCUT2D eigenvalue weighted by molar-refractivity contribution is 5.79. The minimum Gasteiger partial charge on any atom is -0.480 e. The molecule has 1 aromatic rings. The number of ether oxygens (including phenoxy) is 6. The van der Waals surface area contributed by atoms with Crippen molar-refractivity contribution >= 4 is 24.4 Å². The van der Waals surface area contributed by atoms with E-state index in [1.165, 1.54) is 25.1 Å². The van der Waals surface area contributed by atoms with Crippen molar-refractivity contribution in [2.24, 2.45) is 5.73 Å². The van der Waals surface area contributed by atoms with Crippen LogP contribution in [0.3, 0.4) is 0 Å². The Morgan fingerprint density at radius 1 is 0.943 bits per heavy atom. The van der Waals surface area contributed by atoms with Gasteiger partial charge in [0.25, 0.3) is 0 Å². The van der Waals surface area contributed by atoms with Gasteiger partial charge in [-0.3, -0.25) is 4.79 Å². The fourth-order valence-corrected chi connectivity index (χ4v) is 2.95.